The minimum atomic E-state index is -0.207. The summed E-state index contributed by atoms with van der Waals surface area (Å²) < 4.78 is 2.43. The third kappa shape index (κ3) is 4.97. The maximum atomic E-state index is 2.48. The van der Waals surface area contributed by atoms with Crippen LogP contribution in [0.5, 0.6) is 0 Å². The monoisotopic (exact) mass is 693 g/mol. The van der Waals surface area contributed by atoms with E-state index in [1.165, 1.54) is 44.2 Å². The molecule has 0 saturated heterocycles. The van der Waals surface area contributed by atoms with Crippen LogP contribution in [-0.4, -0.2) is 4.57 Å². The summed E-state index contributed by atoms with van der Waals surface area (Å²) in [5.41, 5.74) is 15.2. The van der Waals surface area contributed by atoms with Crippen molar-refractivity contribution in [2.45, 2.75) is 19.3 Å². The van der Waals surface area contributed by atoms with Gasteiger partial charge in [0.15, 0.2) is 0 Å². The SMILES string of the molecule is CC1(C)c2ccccc2-c2cccc(N(c3ccccc3)c3cc(N(c4ccccc4)c4ccccc4)c4c5ccccc5n(-c5ccccc5)c4c3)c21. The highest BCUT2D eigenvalue weighted by molar-refractivity contribution is 6.18. The first-order chi connectivity index (χ1) is 26.6. The number of fused-ring (bicyclic) bond motifs is 6. The first kappa shape index (κ1) is 31.9. The quantitative estimate of drug-likeness (QED) is 0.165. The van der Waals surface area contributed by atoms with Gasteiger partial charge in [0.2, 0.25) is 0 Å². The molecule has 8 aromatic carbocycles. The number of nitrogens with zero attached hydrogens (tertiary/aromatic N) is 3. The van der Waals surface area contributed by atoms with Crippen molar-refractivity contribution >= 4 is 55.9 Å². The van der Waals surface area contributed by atoms with E-state index < -0.39 is 0 Å². The second kappa shape index (κ2) is 12.7. The van der Waals surface area contributed by atoms with Gasteiger partial charge in [0.25, 0.3) is 0 Å². The fraction of sp³-hybridized carbons (Fsp3) is 0.0588. The standard InChI is InChI=1S/C51H39N3/c1-51(2)44-31-17-15-28-41(44)42-30-19-33-46(50(42)51)53(38-24-11-5-12-25-38)40-34-47(52(36-20-7-3-8-21-36)37-22-9-4-10-23-37)49-43-29-16-18-32-45(43)54(48(49)35-40)39-26-13-6-14-27-39/h3-35H,1-2H3. The summed E-state index contributed by atoms with van der Waals surface area (Å²) in [5.74, 6) is 0. The Morgan fingerprint density at radius 3 is 1.57 bits per heavy atom. The number of anilines is 6. The van der Waals surface area contributed by atoms with Gasteiger partial charge in [-0.05, 0) is 95.1 Å². The molecule has 0 N–H and O–H groups in total. The van der Waals surface area contributed by atoms with Crippen LogP contribution < -0.4 is 9.80 Å². The van der Waals surface area contributed by atoms with Crippen molar-refractivity contribution in [1.82, 2.24) is 4.57 Å². The Labute approximate surface area is 316 Å². The van der Waals surface area contributed by atoms with Crippen LogP contribution >= 0.6 is 0 Å². The van der Waals surface area contributed by atoms with Gasteiger partial charge in [0.1, 0.15) is 0 Å². The predicted octanol–water partition coefficient (Wildman–Crippen LogP) is 14.0. The van der Waals surface area contributed by atoms with Crippen LogP contribution in [0.15, 0.2) is 200 Å². The lowest BCUT2D eigenvalue weighted by atomic mass is 9.81. The molecule has 0 atom stereocenters. The summed E-state index contributed by atoms with van der Waals surface area (Å²) >= 11 is 0. The summed E-state index contributed by atoms with van der Waals surface area (Å²) in [5, 5.41) is 2.41. The van der Waals surface area contributed by atoms with E-state index in [9.17, 15) is 0 Å². The average molecular weight is 694 g/mol. The minimum Gasteiger partial charge on any atom is -0.310 e. The molecule has 10 rings (SSSR count). The van der Waals surface area contributed by atoms with E-state index in [2.05, 4.69) is 228 Å². The molecule has 9 aromatic rings. The van der Waals surface area contributed by atoms with Crippen molar-refractivity contribution in [3.8, 4) is 16.8 Å². The molecule has 1 aliphatic rings. The summed E-state index contributed by atoms with van der Waals surface area (Å²) in [7, 11) is 0. The van der Waals surface area contributed by atoms with Gasteiger partial charge in [-0.25, -0.2) is 0 Å². The summed E-state index contributed by atoms with van der Waals surface area (Å²) in [6.45, 7) is 4.75. The number of hydrogen-bond donors (Lipinski definition) is 0. The van der Waals surface area contributed by atoms with Crippen molar-refractivity contribution in [1.29, 1.82) is 0 Å². The van der Waals surface area contributed by atoms with Crippen LogP contribution in [-0.2, 0) is 5.41 Å². The van der Waals surface area contributed by atoms with E-state index in [0.29, 0.717) is 0 Å². The Hall–Kier alpha value is -6.84. The molecule has 0 bridgehead atoms. The van der Waals surface area contributed by atoms with Crippen LogP contribution in [0, 0.1) is 0 Å². The Kier molecular flexibility index (Phi) is 7.48. The normalized spacial score (nSPS) is 12.8. The van der Waals surface area contributed by atoms with E-state index in [1.807, 2.05) is 0 Å². The molecule has 0 amide bonds. The van der Waals surface area contributed by atoms with Gasteiger partial charge in [-0.1, -0.05) is 141 Å². The van der Waals surface area contributed by atoms with Crippen molar-refractivity contribution in [2.24, 2.45) is 0 Å². The molecule has 3 heteroatoms. The van der Waals surface area contributed by atoms with Crippen molar-refractivity contribution in [3.05, 3.63) is 211 Å². The van der Waals surface area contributed by atoms with Crippen LogP contribution in [0.4, 0.5) is 34.1 Å². The van der Waals surface area contributed by atoms with Crippen LogP contribution in [0.2, 0.25) is 0 Å². The molecule has 54 heavy (non-hydrogen) atoms. The maximum absolute atomic E-state index is 2.48. The van der Waals surface area contributed by atoms with Crippen molar-refractivity contribution in [2.75, 3.05) is 9.80 Å². The predicted molar refractivity (Wildman–Crippen MR) is 228 cm³/mol. The number of benzene rings is 8. The minimum absolute atomic E-state index is 0.207. The Bertz CT molecular complexity index is 2750. The fourth-order valence-electron chi connectivity index (χ4n) is 8.81. The highest BCUT2D eigenvalue weighted by Crippen LogP contribution is 2.55. The zero-order valence-electron chi connectivity index (χ0n) is 30.4. The zero-order valence-corrected chi connectivity index (χ0v) is 30.4. The third-order valence-electron chi connectivity index (χ3n) is 11.1. The summed E-state index contributed by atoms with van der Waals surface area (Å²) in [4.78, 5) is 4.91. The van der Waals surface area contributed by atoms with Gasteiger partial charge < -0.3 is 14.4 Å². The second-order valence-electron chi connectivity index (χ2n) is 14.6. The third-order valence-corrected chi connectivity index (χ3v) is 11.1. The lowest BCUT2D eigenvalue weighted by Gasteiger charge is -2.33. The lowest BCUT2D eigenvalue weighted by Crippen LogP contribution is -2.21. The molecule has 1 aliphatic carbocycles. The first-order valence-corrected chi connectivity index (χ1v) is 18.7. The summed E-state index contributed by atoms with van der Waals surface area (Å²) in [6.07, 6.45) is 0. The Morgan fingerprint density at radius 1 is 0.407 bits per heavy atom. The van der Waals surface area contributed by atoms with E-state index in [0.717, 1.165) is 39.6 Å². The Morgan fingerprint density at radius 2 is 0.926 bits per heavy atom. The van der Waals surface area contributed by atoms with E-state index in [-0.39, 0.29) is 5.41 Å². The van der Waals surface area contributed by atoms with Crippen LogP contribution in [0.3, 0.4) is 0 Å². The molecule has 1 aromatic heterocycles. The number of para-hydroxylation sites is 5. The molecule has 0 unspecified atom stereocenters. The molecule has 258 valence electrons. The molecular formula is C51H39N3. The molecule has 1 heterocycles. The van der Waals surface area contributed by atoms with Gasteiger partial charge in [-0.15, -0.1) is 0 Å². The smallest absolute Gasteiger partial charge is 0.0583 e. The number of aromatic nitrogens is 1. The maximum Gasteiger partial charge on any atom is 0.0583 e. The highest BCUT2D eigenvalue weighted by atomic mass is 15.2. The molecule has 0 saturated carbocycles. The largest absolute Gasteiger partial charge is 0.310 e. The van der Waals surface area contributed by atoms with Gasteiger partial charge in [0, 0.05) is 38.9 Å². The lowest BCUT2D eigenvalue weighted by molar-refractivity contribution is 0.661. The van der Waals surface area contributed by atoms with E-state index in [4.69, 9.17) is 0 Å². The topological polar surface area (TPSA) is 11.4 Å². The van der Waals surface area contributed by atoms with Crippen molar-refractivity contribution < 1.29 is 0 Å². The Balaban J connectivity index is 1.35. The van der Waals surface area contributed by atoms with E-state index >= 15 is 0 Å². The first-order valence-electron chi connectivity index (χ1n) is 18.7. The molecule has 0 spiro atoms. The molecule has 0 fully saturated rings. The number of hydrogen-bond acceptors (Lipinski definition) is 2. The van der Waals surface area contributed by atoms with Gasteiger partial charge in [-0.2, -0.15) is 0 Å². The van der Waals surface area contributed by atoms with Gasteiger partial charge in [-0.3, -0.25) is 0 Å². The second-order valence-corrected chi connectivity index (χ2v) is 14.6. The van der Waals surface area contributed by atoms with Crippen molar-refractivity contribution in [3.63, 3.8) is 0 Å². The highest BCUT2D eigenvalue weighted by Gasteiger charge is 2.39. The molecule has 3 nitrogen and oxygen atoms in total. The number of rotatable bonds is 7. The molecular weight excluding hydrogens is 655 g/mol. The molecule has 0 aliphatic heterocycles. The summed E-state index contributed by atoms with van der Waals surface area (Å²) in [6, 6.07) is 72.5. The van der Waals surface area contributed by atoms with E-state index in [1.54, 1.807) is 0 Å². The zero-order chi connectivity index (χ0) is 36.2. The van der Waals surface area contributed by atoms with Crippen LogP contribution in [0.1, 0.15) is 25.0 Å². The van der Waals surface area contributed by atoms with Crippen LogP contribution in [0.25, 0.3) is 38.6 Å². The molecule has 0 radical (unpaired) electrons. The fourth-order valence-corrected chi connectivity index (χ4v) is 8.81. The van der Waals surface area contributed by atoms with Gasteiger partial charge >= 0.3 is 0 Å². The van der Waals surface area contributed by atoms with Gasteiger partial charge in [0.05, 0.1) is 28.1 Å². The average Bonchev–Trinajstić information content (AvgIpc) is 3.68.